The summed E-state index contributed by atoms with van der Waals surface area (Å²) >= 11 is 1.73. The maximum atomic E-state index is 4.16. The summed E-state index contributed by atoms with van der Waals surface area (Å²) in [6.07, 6.45) is 5.03. The first-order chi connectivity index (χ1) is 5.16. The van der Waals surface area contributed by atoms with Gasteiger partial charge in [0.15, 0.2) is 0 Å². The normalized spacial score (nSPS) is 11.0. The van der Waals surface area contributed by atoms with Gasteiger partial charge in [0.25, 0.3) is 0 Å². The van der Waals surface area contributed by atoms with Crippen molar-refractivity contribution in [1.82, 2.24) is 9.78 Å². The molecule has 0 atom stereocenters. The number of hydrogen-bond donors (Lipinski definition) is 0. The van der Waals surface area contributed by atoms with Crippen molar-refractivity contribution in [2.24, 2.45) is 0 Å². The van der Waals surface area contributed by atoms with Gasteiger partial charge in [-0.15, -0.1) is 11.8 Å². The molecule has 0 bridgehead atoms. The molecule has 2 nitrogen and oxygen atoms in total. The van der Waals surface area contributed by atoms with Gasteiger partial charge in [-0.3, -0.25) is 4.68 Å². The standard InChI is InChI=1S/C8H13N2S/c1-6(2)10-8(11-4)7(3)5-9-10/h6H,1-4H3. The first-order valence-corrected chi connectivity index (χ1v) is 4.90. The van der Waals surface area contributed by atoms with Crippen LogP contribution < -0.4 is 0 Å². The van der Waals surface area contributed by atoms with Gasteiger partial charge in [-0.1, -0.05) is 0 Å². The Bertz CT molecular complexity index is 240. The van der Waals surface area contributed by atoms with Crippen LogP contribution in [0.15, 0.2) is 5.03 Å². The molecule has 1 aromatic rings. The van der Waals surface area contributed by atoms with Gasteiger partial charge in [0.05, 0.1) is 5.03 Å². The Hall–Kier alpha value is -0.440. The molecular formula is C8H13N2S. The molecule has 0 amide bonds. The smallest absolute Gasteiger partial charge is 0.117 e. The summed E-state index contributed by atoms with van der Waals surface area (Å²) in [7, 11) is 0. The molecule has 3 heteroatoms. The Morgan fingerprint density at radius 1 is 1.55 bits per heavy atom. The molecule has 0 aliphatic carbocycles. The highest BCUT2D eigenvalue weighted by atomic mass is 32.2. The van der Waals surface area contributed by atoms with Crippen molar-refractivity contribution in [3.05, 3.63) is 11.8 Å². The first kappa shape index (κ1) is 8.65. The molecule has 0 aliphatic heterocycles. The number of rotatable bonds is 2. The fourth-order valence-corrected chi connectivity index (χ4v) is 1.78. The summed E-state index contributed by atoms with van der Waals surface area (Å²) in [5.41, 5.74) is 1.14. The summed E-state index contributed by atoms with van der Waals surface area (Å²) in [5.74, 6) is 0. The molecular weight excluding hydrogens is 156 g/mol. The van der Waals surface area contributed by atoms with Crippen LogP contribution in [0.3, 0.4) is 0 Å². The minimum absolute atomic E-state index is 0.433. The van der Waals surface area contributed by atoms with Gasteiger partial charge < -0.3 is 0 Å². The molecule has 1 radical (unpaired) electrons. The topological polar surface area (TPSA) is 17.8 Å². The summed E-state index contributed by atoms with van der Waals surface area (Å²) < 4.78 is 2.00. The number of thioether (sulfide) groups is 1. The van der Waals surface area contributed by atoms with Gasteiger partial charge in [-0.05, 0) is 27.0 Å². The third-order valence-corrected chi connectivity index (χ3v) is 2.42. The third kappa shape index (κ3) is 1.59. The van der Waals surface area contributed by atoms with Crippen LogP contribution in [-0.4, -0.2) is 16.0 Å². The maximum Gasteiger partial charge on any atom is 0.117 e. The van der Waals surface area contributed by atoms with Gasteiger partial charge in [0, 0.05) is 11.6 Å². The average molecular weight is 169 g/mol. The SMILES string of the molecule is CSc1c(C)[c]nn1C(C)C. The van der Waals surface area contributed by atoms with Crippen molar-refractivity contribution in [1.29, 1.82) is 0 Å². The monoisotopic (exact) mass is 169 g/mol. The number of aromatic nitrogens is 2. The van der Waals surface area contributed by atoms with Crippen molar-refractivity contribution in [2.75, 3.05) is 6.26 Å². The lowest BCUT2D eigenvalue weighted by atomic mass is 10.4. The van der Waals surface area contributed by atoms with Crippen LogP contribution in [0.1, 0.15) is 25.5 Å². The van der Waals surface area contributed by atoms with Crippen molar-refractivity contribution in [3.8, 4) is 0 Å². The second-order valence-electron chi connectivity index (χ2n) is 2.78. The van der Waals surface area contributed by atoms with Crippen LogP contribution in [-0.2, 0) is 0 Å². The summed E-state index contributed by atoms with van der Waals surface area (Å²) in [4.78, 5) is 0. The zero-order valence-electron chi connectivity index (χ0n) is 7.38. The molecule has 11 heavy (non-hydrogen) atoms. The van der Waals surface area contributed by atoms with E-state index in [1.807, 2.05) is 11.6 Å². The van der Waals surface area contributed by atoms with E-state index in [1.54, 1.807) is 11.8 Å². The van der Waals surface area contributed by atoms with Crippen LogP contribution >= 0.6 is 11.8 Å². The molecule has 1 rings (SSSR count). The highest BCUT2D eigenvalue weighted by molar-refractivity contribution is 7.98. The second kappa shape index (κ2) is 3.30. The third-order valence-electron chi connectivity index (χ3n) is 1.54. The lowest BCUT2D eigenvalue weighted by Crippen LogP contribution is -2.03. The van der Waals surface area contributed by atoms with Crippen molar-refractivity contribution in [2.45, 2.75) is 31.8 Å². The fourth-order valence-electron chi connectivity index (χ4n) is 0.991. The lowest BCUT2D eigenvalue weighted by molar-refractivity contribution is 0.491. The van der Waals surface area contributed by atoms with E-state index in [4.69, 9.17) is 0 Å². The molecule has 0 unspecified atom stereocenters. The van der Waals surface area contributed by atoms with Crippen molar-refractivity contribution < 1.29 is 0 Å². The van der Waals surface area contributed by atoms with Gasteiger partial charge in [0.1, 0.15) is 6.20 Å². The molecule has 0 aromatic carbocycles. The van der Waals surface area contributed by atoms with E-state index in [-0.39, 0.29) is 0 Å². The number of nitrogens with zero attached hydrogens (tertiary/aromatic N) is 2. The van der Waals surface area contributed by atoms with E-state index < -0.39 is 0 Å². The second-order valence-corrected chi connectivity index (χ2v) is 3.58. The summed E-state index contributed by atoms with van der Waals surface area (Å²) in [5, 5.41) is 5.38. The Balaban J connectivity index is 3.05. The molecule has 61 valence electrons. The number of aryl methyl sites for hydroxylation is 1. The van der Waals surface area contributed by atoms with E-state index in [9.17, 15) is 0 Å². The molecule has 0 fully saturated rings. The van der Waals surface area contributed by atoms with Crippen LogP contribution in [0, 0.1) is 13.1 Å². The molecule has 0 N–H and O–H groups in total. The van der Waals surface area contributed by atoms with Crippen LogP contribution in [0.2, 0.25) is 0 Å². The number of hydrogen-bond acceptors (Lipinski definition) is 2. The molecule has 0 spiro atoms. The maximum absolute atomic E-state index is 4.16. The van der Waals surface area contributed by atoms with Crippen molar-refractivity contribution >= 4 is 11.8 Å². The predicted molar refractivity (Wildman–Crippen MR) is 48.0 cm³/mol. The fraction of sp³-hybridized carbons (Fsp3) is 0.625. The Kier molecular flexibility index (Phi) is 2.60. The molecule has 1 heterocycles. The van der Waals surface area contributed by atoms with Crippen LogP contribution in [0.4, 0.5) is 0 Å². The van der Waals surface area contributed by atoms with Crippen LogP contribution in [0.25, 0.3) is 0 Å². The van der Waals surface area contributed by atoms with Gasteiger partial charge >= 0.3 is 0 Å². The lowest BCUT2D eigenvalue weighted by Gasteiger charge is -2.08. The highest BCUT2D eigenvalue weighted by Gasteiger charge is 2.08. The molecule has 1 aromatic heterocycles. The van der Waals surface area contributed by atoms with Gasteiger partial charge in [-0.2, -0.15) is 5.10 Å². The van der Waals surface area contributed by atoms with Crippen molar-refractivity contribution in [3.63, 3.8) is 0 Å². The minimum atomic E-state index is 0.433. The first-order valence-electron chi connectivity index (χ1n) is 3.67. The van der Waals surface area contributed by atoms with E-state index in [0.29, 0.717) is 6.04 Å². The molecule has 0 saturated heterocycles. The van der Waals surface area contributed by atoms with E-state index in [2.05, 4.69) is 31.4 Å². The largest absolute Gasteiger partial charge is 0.256 e. The van der Waals surface area contributed by atoms with Crippen LogP contribution in [0.5, 0.6) is 0 Å². The van der Waals surface area contributed by atoms with E-state index >= 15 is 0 Å². The zero-order valence-corrected chi connectivity index (χ0v) is 8.20. The average Bonchev–Trinajstić information content (AvgIpc) is 2.30. The minimum Gasteiger partial charge on any atom is -0.256 e. The van der Waals surface area contributed by atoms with E-state index in [1.165, 1.54) is 5.03 Å². The van der Waals surface area contributed by atoms with E-state index in [0.717, 1.165) is 5.56 Å². The summed E-state index contributed by atoms with van der Waals surface area (Å²) in [6, 6.07) is 0.433. The predicted octanol–water partition coefficient (Wildman–Crippen LogP) is 2.29. The molecule has 0 aliphatic rings. The summed E-state index contributed by atoms with van der Waals surface area (Å²) in [6.45, 7) is 6.29. The Morgan fingerprint density at radius 2 is 2.18 bits per heavy atom. The van der Waals surface area contributed by atoms with Gasteiger partial charge in [-0.25, -0.2) is 0 Å². The highest BCUT2D eigenvalue weighted by Crippen LogP contribution is 2.21. The van der Waals surface area contributed by atoms with Gasteiger partial charge in [0.2, 0.25) is 0 Å². The zero-order chi connectivity index (χ0) is 8.43. The Labute approximate surface area is 72.0 Å². The molecule has 0 saturated carbocycles. The Morgan fingerprint density at radius 3 is 2.55 bits per heavy atom. The quantitative estimate of drug-likeness (QED) is 0.632.